The lowest BCUT2D eigenvalue weighted by Gasteiger charge is -2.25. The predicted molar refractivity (Wildman–Crippen MR) is 59.2 cm³/mol. The zero-order valence-corrected chi connectivity index (χ0v) is 8.09. The zero-order chi connectivity index (χ0) is 9.38. The SMILES string of the molecule is C1=CC2=C(CC1)Cc1ccccc1N2. The molecule has 0 fully saturated rings. The third-order valence-corrected chi connectivity index (χ3v) is 2.97. The van der Waals surface area contributed by atoms with Crippen molar-refractivity contribution < 1.29 is 0 Å². The molecule has 1 aliphatic carbocycles. The molecule has 3 rings (SSSR count). The van der Waals surface area contributed by atoms with Crippen molar-refractivity contribution in [3.63, 3.8) is 0 Å². The minimum atomic E-state index is 1.13. The lowest BCUT2D eigenvalue weighted by atomic mass is 9.91. The number of para-hydroxylation sites is 1. The second-order valence-electron chi connectivity index (χ2n) is 3.92. The van der Waals surface area contributed by atoms with E-state index in [4.69, 9.17) is 0 Å². The Kier molecular flexibility index (Phi) is 1.69. The number of hydrogen-bond donors (Lipinski definition) is 1. The average molecular weight is 183 g/mol. The Bertz CT molecular complexity index is 427. The van der Waals surface area contributed by atoms with Crippen molar-refractivity contribution in [3.05, 3.63) is 53.3 Å². The lowest BCUT2D eigenvalue weighted by molar-refractivity contribution is 0.880. The zero-order valence-electron chi connectivity index (χ0n) is 8.09. The highest BCUT2D eigenvalue weighted by atomic mass is 14.9. The summed E-state index contributed by atoms with van der Waals surface area (Å²) in [5.74, 6) is 0. The van der Waals surface area contributed by atoms with Gasteiger partial charge in [0.25, 0.3) is 0 Å². The molecule has 0 aromatic heterocycles. The normalized spacial score (nSPS) is 18.6. The number of nitrogens with one attached hydrogen (secondary N) is 1. The van der Waals surface area contributed by atoms with Crippen molar-refractivity contribution in [2.45, 2.75) is 19.3 Å². The molecule has 0 amide bonds. The second-order valence-corrected chi connectivity index (χ2v) is 3.92. The van der Waals surface area contributed by atoms with E-state index in [-0.39, 0.29) is 0 Å². The second kappa shape index (κ2) is 3.02. The van der Waals surface area contributed by atoms with Crippen molar-refractivity contribution in [1.82, 2.24) is 0 Å². The summed E-state index contributed by atoms with van der Waals surface area (Å²) < 4.78 is 0. The van der Waals surface area contributed by atoms with Crippen LogP contribution in [0.15, 0.2) is 47.7 Å². The maximum absolute atomic E-state index is 3.49. The van der Waals surface area contributed by atoms with E-state index < -0.39 is 0 Å². The van der Waals surface area contributed by atoms with E-state index in [0.29, 0.717) is 0 Å². The molecule has 0 atom stereocenters. The van der Waals surface area contributed by atoms with Crippen LogP contribution in [0.2, 0.25) is 0 Å². The van der Waals surface area contributed by atoms with Gasteiger partial charge < -0.3 is 5.32 Å². The molecule has 1 heteroatoms. The largest absolute Gasteiger partial charge is 0.355 e. The van der Waals surface area contributed by atoms with Crippen molar-refractivity contribution in [3.8, 4) is 0 Å². The van der Waals surface area contributed by atoms with Gasteiger partial charge >= 0.3 is 0 Å². The molecule has 2 aliphatic rings. The van der Waals surface area contributed by atoms with Crippen LogP contribution in [0.3, 0.4) is 0 Å². The van der Waals surface area contributed by atoms with Gasteiger partial charge in [-0.2, -0.15) is 0 Å². The summed E-state index contributed by atoms with van der Waals surface area (Å²) in [4.78, 5) is 0. The monoisotopic (exact) mass is 183 g/mol. The van der Waals surface area contributed by atoms with E-state index in [9.17, 15) is 0 Å². The quantitative estimate of drug-likeness (QED) is 0.651. The molecule has 1 aliphatic heterocycles. The highest BCUT2D eigenvalue weighted by Gasteiger charge is 2.16. The van der Waals surface area contributed by atoms with Crippen LogP contribution in [-0.2, 0) is 6.42 Å². The number of benzene rings is 1. The molecule has 1 heterocycles. The summed E-state index contributed by atoms with van der Waals surface area (Å²) in [6, 6.07) is 8.57. The van der Waals surface area contributed by atoms with E-state index in [1.54, 1.807) is 5.57 Å². The molecule has 70 valence electrons. The Balaban J connectivity index is 2.03. The summed E-state index contributed by atoms with van der Waals surface area (Å²) in [5, 5.41) is 3.49. The first-order valence-corrected chi connectivity index (χ1v) is 5.17. The average Bonchev–Trinajstić information content (AvgIpc) is 2.26. The predicted octanol–water partition coefficient (Wildman–Crippen LogP) is 3.26. The summed E-state index contributed by atoms with van der Waals surface area (Å²) in [6.45, 7) is 0. The first kappa shape index (κ1) is 7.86. The summed E-state index contributed by atoms with van der Waals surface area (Å²) in [7, 11) is 0. The maximum Gasteiger partial charge on any atom is 0.0420 e. The molecule has 1 aromatic carbocycles. The third-order valence-electron chi connectivity index (χ3n) is 2.97. The van der Waals surface area contributed by atoms with Gasteiger partial charge in [-0.1, -0.05) is 24.3 Å². The molecule has 1 nitrogen and oxygen atoms in total. The van der Waals surface area contributed by atoms with Gasteiger partial charge in [0.05, 0.1) is 0 Å². The fraction of sp³-hybridized carbons (Fsp3) is 0.231. The van der Waals surface area contributed by atoms with Gasteiger partial charge in [0, 0.05) is 11.4 Å². The molecule has 0 unspecified atom stereocenters. The maximum atomic E-state index is 3.49. The molecule has 0 spiro atoms. The summed E-state index contributed by atoms with van der Waals surface area (Å²) in [5.41, 5.74) is 5.60. The van der Waals surface area contributed by atoms with Gasteiger partial charge in [-0.05, 0) is 42.5 Å². The van der Waals surface area contributed by atoms with Gasteiger partial charge in [0.2, 0.25) is 0 Å². The van der Waals surface area contributed by atoms with E-state index >= 15 is 0 Å². The molecule has 0 radical (unpaired) electrons. The number of fused-ring (bicyclic) bond motifs is 1. The van der Waals surface area contributed by atoms with Crippen molar-refractivity contribution in [2.75, 3.05) is 5.32 Å². The van der Waals surface area contributed by atoms with Crippen LogP contribution in [0.4, 0.5) is 5.69 Å². The fourth-order valence-corrected chi connectivity index (χ4v) is 2.20. The highest BCUT2D eigenvalue weighted by Crippen LogP contribution is 2.31. The Morgan fingerprint density at radius 2 is 2.07 bits per heavy atom. The molecular formula is C13H13N. The molecule has 0 saturated heterocycles. The van der Waals surface area contributed by atoms with Crippen LogP contribution in [-0.4, -0.2) is 0 Å². The van der Waals surface area contributed by atoms with Crippen LogP contribution in [0.5, 0.6) is 0 Å². The lowest BCUT2D eigenvalue weighted by Crippen LogP contribution is -2.13. The fourth-order valence-electron chi connectivity index (χ4n) is 2.20. The summed E-state index contributed by atoms with van der Waals surface area (Å²) in [6.07, 6.45) is 8.01. The van der Waals surface area contributed by atoms with Crippen molar-refractivity contribution >= 4 is 5.69 Å². The van der Waals surface area contributed by atoms with Crippen molar-refractivity contribution in [1.29, 1.82) is 0 Å². The van der Waals surface area contributed by atoms with E-state index in [1.165, 1.54) is 29.8 Å². The Morgan fingerprint density at radius 3 is 3.07 bits per heavy atom. The number of anilines is 1. The Labute approximate surface area is 84.1 Å². The summed E-state index contributed by atoms with van der Waals surface area (Å²) >= 11 is 0. The Morgan fingerprint density at radius 1 is 1.14 bits per heavy atom. The molecule has 1 N–H and O–H groups in total. The minimum Gasteiger partial charge on any atom is -0.355 e. The van der Waals surface area contributed by atoms with Gasteiger partial charge in [0.15, 0.2) is 0 Å². The first-order valence-electron chi connectivity index (χ1n) is 5.17. The van der Waals surface area contributed by atoms with E-state index in [2.05, 4.69) is 41.7 Å². The van der Waals surface area contributed by atoms with Crippen molar-refractivity contribution in [2.24, 2.45) is 0 Å². The number of allylic oxidation sites excluding steroid dienone is 3. The molecule has 1 aromatic rings. The topological polar surface area (TPSA) is 12.0 Å². The van der Waals surface area contributed by atoms with Gasteiger partial charge in [0.1, 0.15) is 0 Å². The van der Waals surface area contributed by atoms with Crippen LogP contribution in [0.25, 0.3) is 0 Å². The third kappa shape index (κ3) is 1.17. The van der Waals surface area contributed by atoms with Crippen LogP contribution in [0.1, 0.15) is 18.4 Å². The molecule has 0 bridgehead atoms. The molecular weight excluding hydrogens is 170 g/mol. The standard InChI is InChI=1S/C13H13N/c1-3-7-12-10(5-1)9-11-6-2-4-8-13(11)14-12/h1,3-5,7-8,14H,2,6,9H2. The number of rotatable bonds is 0. The van der Waals surface area contributed by atoms with E-state index in [1.807, 2.05) is 0 Å². The van der Waals surface area contributed by atoms with E-state index in [0.717, 1.165) is 6.42 Å². The van der Waals surface area contributed by atoms with Gasteiger partial charge in [-0.15, -0.1) is 0 Å². The Hall–Kier alpha value is -1.50. The highest BCUT2D eigenvalue weighted by molar-refractivity contribution is 5.62. The minimum absolute atomic E-state index is 1.13. The number of hydrogen-bond acceptors (Lipinski definition) is 1. The molecule has 0 saturated carbocycles. The van der Waals surface area contributed by atoms with Crippen LogP contribution in [0, 0.1) is 0 Å². The van der Waals surface area contributed by atoms with Crippen LogP contribution < -0.4 is 5.32 Å². The van der Waals surface area contributed by atoms with Gasteiger partial charge in [-0.3, -0.25) is 0 Å². The molecule has 14 heavy (non-hydrogen) atoms. The first-order chi connectivity index (χ1) is 6.93. The van der Waals surface area contributed by atoms with Gasteiger partial charge in [-0.25, -0.2) is 0 Å². The van der Waals surface area contributed by atoms with Crippen LogP contribution >= 0.6 is 0 Å². The smallest absolute Gasteiger partial charge is 0.0420 e.